The summed E-state index contributed by atoms with van der Waals surface area (Å²) in [5.74, 6) is -0.107. The molecule has 0 saturated carbocycles. The van der Waals surface area contributed by atoms with E-state index in [1.807, 2.05) is 0 Å². The second-order valence-electron chi connectivity index (χ2n) is 4.20. The fourth-order valence-electron chi connectivity index (χ4n) is 1.76. The second-order valence-corrected chi connectivity index (χ2v) is 4.20. The zero-order chi connectivity index (χ0) is 14.5. The smallest absolute Gasteiger partial charge is 0.132 e. The minimum atomic E-state index is -0.637. The number of ether oxygens (including phenoxy) is 2. The van der Waals surface area contributed by atoms with Gasteiger partial charge in [0, 0.05) is 29.8 Å². The van der Waals surface area contributed by atoms with Crippen molar-refractivity contribution in [2.45, 2.75) is 13.2 Å². The topological polar surface area (TPSA) is 44.5 Å². The van der Waals surface area contributed by atoms with Crippen molar-refractivity contribution in [3.8, 4) is 11.5 Å². The molecule has 0 spiro atoms. The number of halogens is 2. The molecule has 0 aromatic heterocycles. The average Bonchev–Trinajstić information content (AvgIpc) is 2.46. The van der Waals surface area contributed by atoms with Gasteiger partial charge in [-0.25, -0.2) is 8.78 Å². The van der Waals surface area contributed by atoms with Crippen molar-refractivity contribution in [3.63, 3.8) is 0 Å². The molecular formula is C15H15F2NO2. The van der Waals surface area contributed by atoms with E-state index in [0.717, 1.165) is 11.6 Å². The Morgan fingerprint density at radius 3 is 2.45 bits per heavy atom. The van der Waals surface area contributed by atoms with E-state index < -0.39 is 11.6 Å². The maximum absolute atomic E-state index is 13.5. The van der Waals surface area contributed by atoms with Gasteiger partial charge in [0.2, 0.25) is 0 Å². The summed E-state index contributed by atoms with van der Waals surface area (Å²) in [7, 11) is 1.54. The van der Waals surface area contributed by atoms with Gasteiger partial charge in [-0.05, 0) is 18.2 Å². The third-order valence-corrected chi connectivity index (χ3v) is 2.89. The van der Waals surface area contributed by atoms with Crippen LogP contribution in [0.4, 0.5) is 8.78 Å². The van der Waals surface area contributed by atoms with Crippen LogP contribution in [0.15, 0.2) is 36.4 Å². The maximum Gasteiger partial charge on any atom is 0.132 e. The van der Waals surface area contributed by atoms with Crippen molar-refractivity contribution in [1.29, 1.82) is 0 Å². The van der Waals surface area contributed by atoms with E-state index in [4.69, 9.17) is 15.2 Å². The van der Waals surface area contributed by atoms with Crippen LogP contribution in [0.2, 0.25) is 0 Å². The molecule has 0 radical (unpaired) electrons. The number of rotatable bonds is 5. The summed E-state index contributed by atoms with van der Waals surface area (Å²) in [5.41, 5.74) is 6.68. The predicted octanol–water partition coefficient (Wildman–Crippen LogP) is 3.01. The summed E-state index contributed by atoms with van der Waals surface area (Å²) in [6, 6.07) is 8.62. The van der Waals surface area contributed by atoms with Gasteiger partial charge < -0.3 is 15.2 Å². The maximum atomic E-state index is 13.5. The highest BCUT2D eigenvalue weighted by molar-refractivity contribution is 5.40. The van der Waals surface area contributed by atoms with E-state index in [0.29, 0.717) is 18.0 Å². The second kappa shape index (κ2) is 6.34. The van der Waals surface area contributed by atoms with E-state index in [1.165, 1.54) is 12.1 Å². The van der Waals surface area contributed by atoms with Crippen LogP contribution < -0.4 is 15.2 Å². The van der Waals surface area contributed by atoms with Crippen molar-refractivity contribution in [3.05, 3.63) is 59.2 Å². The Balaban J connectivity index is 2.17. The molecule has 2 rings (SSSR count). The molecule has 2 aromatic carbocycles. The van der Waals surface area contributed by atoms with Crippen LogP contribution in [0.3, 0.4) is 0 Å². The van der Waals surface area contributed by atoms with Gasteiger partial charge in [0.15, 0.2) is 0 Å². The van der Waals surface area contributed by atoms with Gasteiger partial charge in [-0.15, -0.1) is 0 Å². The van der Waals surface area contributed by atoms with Gasteiger partial charge in [-0.3, -0.25) is 0 Å². The molecule has 2 aromatic rings. The largest absolute Gasteiger partial charge is 0.497 e. The third kappa shape index (κ3) is 3.24. The lowest BCUT2D eigenvalue weighted by atomic mass is 10.2. The predicted molar refractivity (Wildman–Crippen MR) is 71.6 cm³/mol. The van der Waals surface area contributed by atoms with E-state index in [1.54, 1.807) is 25.3 Å². The normalized spacial score (nSPS) is 10.4. The molecule has 2 N–H and O–H groups in total. The molecule has 0 aliphatic heterocycles. The Morgan fingerprint density at radius 1 is 1.05 bits per heavy atom. The Labute approximate surface area is 115 Å². The quantitative estimate of drug-likeness (QED) is 0.915. The minimum absolute atomic E-state index is 0.00766. The highest BCUT2D eigenvalue weighted by atomic mass is 19.1. The Bertz CT molecular complexity index is 602. The highest BCUT2D eigenvalue weighted by Gasteiger charge is 2.08. The number of methoxy groups -OCH3 is 1. The van der Waals surface area contributed by atoms with Crippen LogP contribution in [-0.2, 0) is 13.2 Å². The molecule has 0 aliphatic carbocycles. The molecule has 0 aliphatic rings. The molecule has 0 heterocycles. The van der Waals surface area contributed by atoms with Crippen LogP contribution >= 0.6 is 0 Å². The van der Waals surface area contributed by atoms with E-state index >= 15 is 0 Å². The van der Waals surface area contributed by atoms with Crippen LogP contribution in [0.25, 0.3) is 0 Å². The Kier molecular flexibility index (Phi) is 4.53. The summed E-state index contributed by atoms with van der Waals surface area (Å²) in [4.78, 5) is 0. The molecule has 0 bridgehead atoms. The van der Waals surface area contributed by atoms with Gasteiger partial charge >= 0.3 is 0 Å². The number of hydrogen-bond donors (Lipinski definition) is 1. The molecule has 5 heteroatoms. The van der Waals surface area contributed by atoms with E-state index in [2.05, 4.69) is 0 Å². The molecule has 106 valence electrons. The first-order valence-corrected chi connectivity index (χ1v) is 6.07. The number of nitrogens with two attached hydrogens (primary N) is 1. The summed E-state index contributed by atoms with van der Waals surface area (Å²) < 4.78 is 37.0. The van der Waals surface area contributed by atoms with Crippen molar-refractivity contribution in [2.24, 2.45) is 5.73 Å². The lowest BCUT2D eigenvalue weighted by Crippen LogP contribution is -2.04. The van der Waals surface area contributed by atoms with Crippen LogP contribution in [0.5, 0.6) is 11.5 Å². The summed E-state index contributed by atoms with van der Waals surface area (Å²) in [6.07, 6.45) is 0. The zero-order valence-electron chi connectivity index (χ0n) is 11.0. The van der Waals surface area contributed by atoms with Crippen molar-refractivity contribution < 1.29 is 18.3 Å². The van der Waals surface area contributed by atoms with Gasteiger partial charge in [-0.1, -0.05) is 6.07 Å². The molecule has 0 unspecified atom stereocenters. The molecule has 3 nitrogen and oxygen atoms in total. The van der Waals surface area contributed by atoms with Crippen LogP contribution in [-0.4, -0.2) is 7.11 Å². The monoisotopic (exact) mass is 279 g/mol. The summed E-state index contributed by atoms with van der Waals surface area (Å²) in [6.45, 7) is 0.289. The molecule has 20 heavy (non-hydrogen) atoms. The standard InChI is InChI=1S/C15H15F2NO2/c1-19-13-5-3-10(8-18)15(7-13)20-9-11-2-4-12(16)6-14(11)17/h2-7H,8-9,18H2,1H3. The lowest BCUT2D eigenvalue weighted by Gasteiger charge is -2.12. The molecular weight excluding hydrogens is 264 g/mol. The molecule has 0 saturated heterocycles. The van der Waals surface area contributed by atoms with Gasteiger partial charge in [0.05, 0.1) is 7.11 Å². The van der Waals surface area contributed by atoms with Crippen molar-refractivity contribution in [2.75, 3.05) is 7.11 Å². The Hall–Kier alpha value is -2.14. The summed E-state index contributed by atoms with van der Waals surface area (Å²) >= 11 is 0. The van der Waals surface area contributed by atoms with Crippen LogP contribution in [0.1, 0.15) is 11.1 Å². The summed E-state index contributed by atoms with van der Waals surface area (Å²) in [5, 5.41) is 0. The molecule has 0 atom stereocenters. The number of hydrogen-bond acceptors (Lipinski definition) is 3. The van der Waals surface area contributed by atoms with E-state index in [9.17, 15) is 8.78 Å². The van der Waals surface area contributed by atoms with Crippen LogP contribution in [0, 0.1) is 11.6 Å². The fourth-order valence-corrected chi connectivity index (χ4v) is 1.76. The zero-order valence-corrected chi connectivity index (χ0v) is 11.0. The molecule has 0 fully saturated rings. The first kappa shape index (κ1) is 14.3. The van der Waals surface area contributed by atoms with E-state index in [-0.39, 0.29) is 12.2 Å². The SMILES string of the molecule is COc1ccc(CN)c(OCc2ccc(F)cc2F)c1. The van der Waals surface area contributed by atoms with Gasteiger partial charge in [0.1, 0.15) is 29.7 Å². The molecule has 0 amide bonds. The lowest BCUT2D eigenvalue weighted by molar-refractivity contribution is 0.294. The third-order valence-electron chi connectivity index (χ3n) is 2.89. The van der Waals surface area contributed by atoms with Gasteiger partial charge in [-0.2, -0.15) is 0 Å². The first-order valence-electron chi connectivity index (χ1n) is 6.07. The van der Waals surface area contributed by atoms with Crippen molar-refractivity contribution >= 4 is 0 Å². The van der Waals surface area contributed by atoms with Gasteiger partial charge in [0.25, 0.3) is 0 Å². The first-order chi connectivity index (χ1) is 9.63. The average molecular weight is 279 g/mol. The number of benzene rings is 2. The van der Waals surface area contributed by atoms with Crippen molar-refractivity contribution in [1.82, 2.24) is 0 Å². The highest BCUT2D eigenvalue weighted by Crippen LogP contribution is 2.25. The fraction of sp³-hybridized carbons (Fsp3) is 0.200. The Morgan fingerprint density at radius 2 is 1.80 bits per heavy atom. The minimum Gasteiger partial charge on any atom is -0.497 e.